The van der Waals surface area contributed by atoms with Gasteiger partial charge in [-0.3, -0.25) is 9.59 Å². The number of aromatic nitrogens is 1. The van der Waals surface area contributed by atoms with Gasteiger partial charge in [-0.1, -0.05) is 6.07 Å². The number of amides is 2. The third-order valence-corrected chi connectivity index (χ3v) is 3.85. The summed E-state index contributed by atoms with van der Waals surface area (Å²) in [6, 6.07) is 7.58. The first-order valence-electron chi connectivity index (χ1n) is 7.60. The summed E-state index contributed by atoms with van der Waals surface area (Å²) in [4.78, 5) is 23.8. The number of hydrogen-bond donors (Lipinski definition) is 3. The molecule has 2 amide bonds. The Morgan fingerprint density at radius 3 is 3.00 bits per heavy atom. The smallest absolute Gasteiger partial charge is 0.254 e. The van der Waals surface area contributed by atoms with E-state index in [4.69, 9.17) is 4.74 Å². The lowest BCUT2D eigenvalue weighted by Crippen LogP contribution is -2.45. The molecule has 3 rings (SSSR count). The van der Waals surface area contributed by atoms with Crippen molar-refractivity contribution in [2.45, 2.75) is 12.6 Å². The Labute approximate surface area is 134 Å². The van der Waals surface area contributed by atoms with Gasteiger partial charge in [0.2, 0.25) is 5.91 Å². The summed E-state index contributed by atoms with van der Waals surface area (Å²) in [5.41, 5.74) is 1.59. The van der Waals surface area contributed by atoms with Crippen molar-refractivity contribution in [2.24, 2.45) is 0 Å². The molecule has 1 unspecified atom stereocenters. The van der Waals surface area contributed by atoms with E-state index in [-0.39, 0.29) is 18.4 Å². The molecular formula is C16H20N4O3. The van der Waals surface area contributed by atoms with Crippen molar-refractivity contribution in [1.82, 2.24) is 15.2 Å². The van der Waals surface area contributed by atoms with E-state index in [0.717, 1.165) is 17.4 Å². The Balaban J connectivity index is 1.77. The second-order valence-electron chi connectivity index (χ2n) is 5.44. The highest BCUT2D eigenvalue weighted by Crippen LogP contribution is 2.21. The second-order valence-corrected chi connectivity index (χ2v) is 5.44. The van der Waals surface area contributed by atoms with Crippen molar-refractivity contribution in [1.29, 1.82) is 0 Å². The van der Waals surface area contributed by atoms with E-state index in [2.05, 4.69) is 16.0 Å². The average molecular weight is 316 g/mol. The van der Waals surface area contributed by atoms with Gasteiger partial charge in [0.15, 0.2) is 0 Å². The molecule has 122 valence electrons. The van der Waals surface area contributed by atoms with Gasteiger partial charge in [-0.2, -0.15) is 0 Å². The summed E-state index contributed by atoms with van der Waals surface area (Å²) in [6.45, 7) is 2.06. The largest absolute Gasteiger partial charge is 0.366 e. The van der Waals surface area contributed by atoms with Crippen LogP contribution in [0.1, 0.15) is 0 Å². The summed E-state index contributed by atoms with van der Waals surface area (Å²) < 4.78 is 7.29. The monoisotopic (exact) mass is 316 g/mol. The molecule has 7 nitrogen and oxygen atoms in total. The fourth-order valence-corrected chi connectivity index (χ4v) is 2.59. The van der Waals surface area contributed by atoms with Crippen LogP contribution >= 0.6 is 0 Å². The van der Waals surface area contributed by atoms with E-state index in [1.165, 1.54) is 0 Å². The molecule has 0 aliphatic carbocycles. The van der Waals surface area contributed by atoms with Crippen molar-refractivity contribution in [3.63, 3.8) is 0 Å². The SMILES string of the molecule is CNC(=O)Cn1ccc2ccc(NC(=O)C3CNCCO3)cc21. The number of nitrogens with one attached hydrogen (secondary N) is 3. The van der Waals surface area contributed by atoms with E-state index in [1.807, 2.05) is 35.0 Å². The number of fused-ring (bicyclic) bond motifs is 1. The van der Waals surface area contributed by atoms with Crippen molar-refractivity contribution >= 4 is 28.4 Å². The Morgan fingerprint density at radius 2 is 2.26 bits per heavy atom. The first kappa shape index (κ1) is 15.5. The van der Waals surface area contributed by atoms with Crippen LogP contribution in [0.5, 0.6) is 0 Å². The molecule has 0 spiro atoms. The molecule has 1 aromatic carbocycles. The van der Waals surface area contributed by atoms with Crippen LogP contribution < -0.4 is 16.0 Å². The van der Waals surface area contributed by atoms with Gasteiger partial charge in [-0.15, -0.1) is 0 Å². The molecule has 23 heavy (non-hydrogen) atoms. The van der Waals surface area contributed by atoms with Gasteiger partial charge in [0.05, 0.1) is 12.1 Å². The Kier molecular flexibility index (Phi) is 4.59. The van der Waals surface area contributed by atoms with Gasteiger partial charge in [-0.05, 0) is 23.6 Å². The van der Waals surface area contributed by atoms with E-state index in [1.54, 1.807) is 7.05 Å². The number of carbonyl (C=O) groups excluding carboxylic acids is 2. The van der Waals surface area contributed by atoms with Crippen LogP contribution in [0.3, 0.4) is 0 Å². The van der Waals surface area contributed by atoms with Gasteiger partial charge in [-0.25, -0.2) is 0 Å². The molecule has 1 aliphatic heterocycles. The van der Waals surface area contributed by atoms with Crippen molar-refractivity contribution in [3.8, 4) is 0 Å². The molecule has 1 aromatic heterocycles. The number of ether oxygens (including phenoxy) is 1. The lowest BCUT2D eigenvalue weighted by atomic mass is 10.2. The molecule has 0 radical (unpaired) electrons. The maximum absolute atomic E-state index is 12.2. The van der Waals surface area contributed by atoms with Crippen LogP contribution in [0.2, 0.25) is 0 Å². The maximum Gasteiger partial charge on any atom is 0.254 e. The van der Waals surface area contributed by atoms with Crippen LogP contribution in [-0.2, 0) is 20.9 Å². The first-order chi connectivity index (χ1) is 11.2. The molecule has 7 heteroatoms. The van der Waals surface area contributed by atoms with E-state index in [9.17, 15) is 9.59 Å². The number of morpholine rings is 1. The number of hydrogen-bond acceptors (Lipinski definition) is 4. The molecule has 2 aromatic rings. The van der Waals surface area contributed by atoms with Crippen LogP contribution in [0, 0.1) is 0 Å². The summed E-state index contributed by atoms with van der Waals surface area (Å²) in [5.74, 6) is -0.237. The predicted molar refractivity (Wildman–Crippen MR) is 87.2 cm³/mol. The summed E-state index contributed by atoms with van der Waals surface area (Å²) >= 11 is 0. The zero-order chi connectivity index (χ0) is 16.2. The zero-order valence-electron chi connectivity index (χ0n) is 13.0. The fourth-order valence-electron chi connectivity index (χ4n) is 2.59. The van der Waals surface area contributed by atoms with Crippen LogP contribution in [0.25, 0.3) is 10.9 Å². The number of benzene rings is 1. The number of anilines is 1. The lowest BCUT2D eigenvalue weighted by molar-refractivity contribution is -0.128. The topological polar surface area (TPSA) is 84.4 Å². The maximum atomic E-state index is 12.2. The molecular weight excluding hydrogens is 296 g/mol. The van der Waals surface area contributed by atoms with Gasteiger partial charge >= 0.3 is 0 Å². The van der Waals surface area contributed by atoms with Crippen molar-refractivity contribution in [3.05, 3.63) is 30.5 Å². The zero-order valence-corrected chi connectivity index (χ0v) is 13.0. The number of rotatable bonds is 4. The molecule has 0 saturated carbocycles. The molecule has 1 atom stereocenters. The van der Waals surface area contributed by atoms with Gasteiger partial charge in [0.25, 0.3) is 5.91 Å². The van der Waals surface area contributed by atoms with E-state index in [0.29, 0.717) is 18.8 Å². The number of carbonyl (C=O) groups is 2. The lowest BCUT2D eigenvalue weighted by Gasteiger charge is -2.22. The Morgan fingerprint density at radius 1 is 1.39 bits per heavy atom. The highest BCUT2D eigenvalue weighted by atomic mass is 16.5. The highest BCUT2D eigenvalue weighted by Gasteiger charge is 2.21. The van der Waals surface area contributed by atoms with Gasteiger partial charge < -0.3 is 25.3 Å². The summed E-state index contributed by atoms with van der Waals surface area (Å²) in [7, 11) is 1.61. The van der Waals surface area contributed by atoms with Crippen LogP contribution in [-0.4, -0.2) is 49.2 Å². The van der Waals surface area contributed by atoms with Gasteiger partial charge in [0, 0.05) is 32.0 Å². The highest BCUT2D eigenvalue weighted by molar-refractivity contribution is 5.96. The standard InChI is InChI=1S/C16H20N4O3/c1-17-15(21)10-20-6-4-11-2-3-12(8-13(11)20)19-16(22)14-9-18-5-7-23-14/h2-4,6,8,14,18H,5,7,9-10H2,1H3,(H,17,21)(H,19,22). The molecule has 3 N–H and O–H groups in total. The molecule has 2 heterocycles. The number of nitrogens with zero attached hydrogens (tertiary/aromatic N) is 1. The Bertz CT molecular complexity index is 719. The number of likely N-dealkylation sites (N-methyl/N-ethyl adjacent to an activating group) is 1. The molecule has 0 bridgehead atoms. The third kappa shape index (κ3) is 3.52. The van der Waals surface area contributed by atoms with Crippen LogP contribution in [0.15, 0.2) is 30.5 Å². The van der Waals surface area contributed by atoms with E-state index < -0.39 is 6.10 Å². The second kappa shape index (κ2) is 6.80. The first-order valence-corrected chi connectivity index (χ1v) is 7.60. The summed E-state index contributed by atoms with van der Waals surface area (Å²) in [6.07, 6.45) is 1.39. The molecule has 1 aliphatic rings. The molecule has 1 saturated heterocycles. The minimum absolute atomic E-state index is 0.0707. The molecule has 1 fully saturated rings. The quantitative estimate of drug-likeness (QED) is 0.758. The third-order valence-electron chi connectivity index (χ3n) is 3.85. The van der Waals surface area contributed by atoms with Gasteiger partial charge in [0.1, 0.15) is 12.6 Å². The van der Waals surface area contributed by atoms with Crippen molar-refractivity contribution < 1.29 is 14.3 Å². The Hall–Kier alpha value is -2.38. The average Bonchev–Trinajstić information content (AvgIpc) is 2.98. The fraction of sp³-hybridized carbons (Fsp3) is 0.375. The minimum Gasteiger partial charge on any atom is -0.366 e. The normalized spacial score (nSPS) is 17.9. The van der Waals surface area contributed by atoms with Crippen molar-refractivity contribution in [2.75, 3.05) is 32.1 Å². The minimum atomic E-state index is -0.475. The predicted octanol–water partition coefficient (Wildman–Crippen LogP) is 0.314. The summed E-state index contributed by atoms with van der Waals surface area (Å²) in [5, 5.41) is 9.62. The van der Waals surface area contributed by atoms with E-state index >= 15 is 0 Å². The van der Waals surface area contributed by atoms with Crippen LogP contribution in [0.4, 0.5) is 5.69 Å².